The van der Waals surface area contributed by atoms with E-state index in [1.54, 1.807) is 84.9 Å². The second kappa shape index (κ2) is 16.1. The van der Waals surface area contributed by atoms with Crippen molar-refractivity contribution in [1.29, 1.82) is 5.41 Å². The molecular weight excluding hydrogens is 627 g/mol. The Hall–Kier alpha value is -5.86. The van der Waals surface area contributed by atoms with E-state index in [-0.39, 0.29) is 30.4 Å². The summed E-state index contributed by atoms with van der Waals surface area (Å²) in [5.74, 6) is -1.69. The van der Waals surface area contributed by atoms with Crippen LogP contribution in [0.1, 0.15) is 28.0 Å². The highest BCUT2D eigenvalue weighted by molar-refractivity contribution is 7.55. The normalized spacial score (nSPS) is 12.2. The maximum Gasteiger partial charge on any atom is 0.457 e. The quantitative estimate of drug-likeness (QED) is 0.0569. The molecule has 2 atom stereocenters. The van der Waals surface area contributed by atoms with Gasteiger partial charge in [-0.25, -0.2) is 9.36 Å². The first-order valence-corrected chi connectivity index (χ1v) is 16.7. The first-order chi connectivity index (χ1) is 23.3. The molecule has 0 spiro atoms. The zero-order valence-corrected chi connectivity index (χ0v) is 26.8. The lowest BCUT2D eigenvalue weighted by atomic mass is 10.1. The molecule has 5 rings (SSSR count). The fourth-order valence-corrected chi connectivity index (χ4v) is 6.67. The maximum atomic E-state index is 15.0. The highest BCUT2D eigenvalue weighted by Crippen LogP contribution is 2.59. The Labute approximate surface area is 278 Å². The van der Waals surface area contributed by atoms with Gasteiger partial charge in [0.15, 0.2) is 5.78 Å². The molecular formula is C37H35N4O6P. The molecule has 244 valence electrons. The largest absolute Gasteiger partial charge is 0.457 e. The third-order valence-electron chi connectivity index (χ3n) is 7.19. The lowest BCUT2D eigenvalue weighted by Gasteiger charge is -2.30. The first kappa shape index (κ1) is 33.5. The number of amidine groups is 1. The molecule has 0 fully saturated rings. The fraction of sp³-hybridized carbons (Fsp3) is 0.108. The highest BCUT2D eigenvalue weighted by atomic mass is 31.2. The van der Waals surface area contributed by atoms with E-state index in [1.807, 2.05) is 60.7 Å². The summed E-state index contributed by atoms with van der Waals surface area (Å²) in [4.78, 5) is 27.2. The number of nitrogens with two attached hydrogens (primary N) is 1. The number of rotatable bonds is 14. The molecule has 0 aliphatic carbocycles. The first-order valence-electron chi connectivity index (χ1n) is 15.1. The van der Waals surface area contributed by atoms with E-state index in [2.05, 4.69) is 10.6 Å². The average Bonchev–Trinajstić information content (AvgIpc) is 3.11. The summed E-state index contributed by atoms with van der Waals surface area (Å²) in [5, 5.41) is 13.3. The summed E-state index contributed by atoms with van der Waals surface area (Å²) < 4.78 is 32.7. The number of nitrogen functional groups attached to an aromatic ring is 1. The van der Waals surface area contributed by atoms with E-state index in [9.17, 15) is 9.59 Å². The molecule has 0 aliphatic heterocycles. The van der Waals surface area contributed by atoms with Gasteiger partial charge in [0, 0.05) is 12.0 Å². The SMILES string of the molecule is N=C(N)c1ccc(C(NC(=O)[C@H](Cc2ccccc2)NC(=O)OCc2ccccc2)P(=O)(Oc2ccccc2)Oc2ccccc2)cc1. The zero-order chi connectivity index (χ0) is 33.8. The van der Waals surface area contributed by atoms with Crippen LogP contribution in [0, 0.1) is 5.41 Å². The van der Waals surface area contributed by atoms with Gasteiger partial charge < -0.3 is 30.2 Å². The molecule has 2 amide bonds. The molecule has 0 aromatic heterocycles. The Morgan fingerprint density at radius 1 is 0.667 bits per heavy atom. The minimum Gasteiger partial charge on any atom is -0.445 e. The monoisotopic (exact) mass is 662 g/mol. The van der Waals surface area contributed by atoms with Crippen LogP contribution in [-0.2, 0) is 27.1 Å². The van der Waals surface area contributed by atoms with Crippen molar-refractivity contribution in [3.8, 4) is 11.5 Å². The van der Waals surface area contributed by atoms with Crippen LogP contribution in [-0.4, -0.2) is 23.9 Å². The number of carbonyl (C=O) groups is 2. The van der Waals surface area contributed by atoms with Crippen LogP contribution in [0.5, 0.6) is 11.5 Å². The van der Waals surface area contributed by atoms with Gasteiger partial charge in [0.2, 0.25) is 5.91 Å². The third kappa shape index (κ3) is 9.34. The summed E-state index contributed by atoms with van der Waals surface area (Å²) in [6.45, 7) is 0.00249. The Bertz CT molecular complexity index is 1800. The Balaban J connectivity index is 1.49. The highest BCUT2D eigenvalue weighted by Gasteiger charge is 2.43. The van der Waals surface area contributed by atoms with E-state index in [0.717, 1.165) is 11.1 Å². The van der Waals surface area contributed by atoms with Crippen LogP contribution < -0.4 is 25.4 Å². The lowest BCUT2D eigenvalue weighted by molar-refractivity contribution is -0.123. The van der Waals surface area contributed by atoms with E-state index in [4.69, 9.17) is 24.9 Å². The van der Waals surface area contributed by atoms with Crippen LogP contribution in [0.25, 0.3) is 0 Å². The molecule has 0 bridgehead atoms. The number of hydrogen-bond acceptors (Lipinski definition) is 7. The van der Waals surface area contributed by atoms with Crippen molar-refractivity contribution >= 4 is 25.4 Å². The number of carbonyl (C=O) groups excluding carboxylic acids is 2. The van der Waals surface area contributed by atoms with Gasteiger partial charge in [-0.2, -0.15) is 0 Å². The van der Waals surface area contributed by atoms with Crippen molar-refractivity contribution in [3.05, 3.63) is 168 Å². The minimum atomic E-state index is -4.36. The van der Waals surface area contributed by atoms with Gasteiger partial charge in [-0.15, -0.1) is 0 Å². The molecule has 0 saturated heterocycles. The Kier molecular flexibility index (Phi) is 11.2. The van der Waals surface area contributed by atoms with Gasteiger partial charge in [-0.1, -0.05) is 121 Å². The molecule has 5 N–H and O–H groups in total. The molecule has 0 heterocycles. The molecule has 5 aromatic rings. The third-order valence-corrected chi connectivity index (χ3v) is 9.18. The minimum absolute atomic E-state index is 0.00249. The predicted octanol–water partition coefficient (Wildman–Crippen LogP) is 6.97. The van der Waals surface area contributed by atoms with E-state index >= 15 is 4.57 Å². The van der Waals surface area contributed by atoms with Crippen molar-refractivity contribution < 1.29 is 27.9 Å². The van der Waals surface area contributed by atoms with Crippen LogP contribution in [0.4, 0.5) is 4.79 Å². The van der Waals surface area contributed by atoms with E-state index in [1.165, 1.54) is 0 Å². The van der Waals surface area contributed by atoms with E-state index in [0.29, 0.717) is 11.1 Å². The number of para-hydroxylation sites is 2. The van der Waals surface area contributed by atoms with Gasteiger partial charge >= 0.3 is 13.7 Å². The molecule has 11 heteroatoms. The molecule has 0 saturated carbocycles. The summed E-state index contributed by atoms with van der Waals surface area (Å²) in [7, 11) is -4.36. The zero-order valence-electron chi connectivity index (χ0n) is 25.9. The second-order valence-corrected chi connectivity index (χ2v) is 12.7. The second-order valence-electron chi connectivity index (χ2n) is 10.7. The van der Waals surface area contributed by atoms with Gasteiger partial charge in [0.1, 0.15) is 30.0 Å². The van der Waals surface area contributed by atoms with Crippen molar-refractivity contribution in [3.63, 3.8) is 0 Å². The van der Waals surface area contributed by atoms with Gasteiger partial charge in [0.05, 0.1) is 0 Å². The number of amides is 2. The van der Waals surface area contributed by atoms with Crippen molar-refractivity contribution in [1.82, 2.24) is 10.6 Å². The van der Waals surface area contributed by atoms with Crippen molar-refractivity contribution in [2.24, 2.45) is 5.73 Å². The number of hydrogen-bond donors (Lipinski definition) is 4. The van der Waals surface area contributed by atoms with Crippen molar-refractivity contribution in [2.45, 2.75) is 24.9 Å². The van der Waals surface area contributed by atoms with Crippen LogP contribution in [0.15, 0.2) is 146 Å². The lowest BCUT2D eigenvalue weighted by Crippen LogP contribution is -2.49. The summed E-state index contributed by atoms with van der Waals surface area (Å²) >= 11 is 0. The fourth-order valence-electron chi connectivity index (χ4n) is 4.77. The average molecular weight is 663 g/mol. The van der Waals surface area contributed by atoms with Crippen LogP contribution in [0.3, 0.4) is 0 Å². The van der Waals surface area contributed by atoms with Gasteiger partial charge in [-0.3, -0.25) is 10.2 Å². The summed E-state index contributed by atoms with van der Waals surface area (Å²) in [6, 6.07) is 40.5. The number of benzene rings is 5. The standard InChI is InChI=1S/C37H35N4O6P/c38-34(39)29-21-23-30(24-22-29)36(48(44,46-31-17-9-3-10-18-31)47-32-19-11-4-12-20-32)41-35(42)33(25-27-13-5-1-6-14-27)40-37(43)45-26-28-15-7-2-8-16-28/h1-24,33,36H,25-26H2,(H3,38,39)(H,40,43)(H,41,42)/t33-,36?/m0/s1. The topological polar surface area (TPSA) is 153 Å². The van der Waals surface area contributed by atoms with Gasteiger partial charge in [0.25, 0.3) is 0 Å². The van der Waals surface area contributed by atoms with Gasteiger partial charge in [-0.05, 0) is 41.0 Å². The molecule has 48 heavy (non-hydrogen) atoms. The Morgan fingerprint density at radius 2 is 1.15 bits per heavy atom. The van der Waals surface area contributed by atoms with Crippen LogP contribution in [0.2, 0.25) is 0 Å². The molecule has 1 unspecified atom stereocenters. The number of alkyl carbamates (subject to hydrolysis) is 1. The van der Waals surface area contributed by atoms with Crippen molar-refractivity contribution in [2.75, 3.05) is 0 Å². The van der Waals surface area contributed by atoms with Crippen LogP contribution >= 0.6 is 7.60 Å². The molecule has 0 radical (unpaired) electrons. The molecule has 0 aliphatic rings. The number of nitrogens with one attached hydrogen (secondary N) is 3. The van der Waals surface area contributed by atoms with E-state index < -0.39 is 31.4 Å². The number of ether oxygens (including phenoxy) is 1. The smallest absolute Gasteiger partial charge is 0.445 e. The summed E-state index contributed by atoms with van der Waals surface area (Å²) in [5.41, 5.74) is 8.02. The maximum absolute atomic E-state index is 15.0. The molecule has 5 aromatic carbocycles. The molecule has 10 nitrogen and oxygen atoms in total. The summed E-state index contributed by atoms with van der Waals surface area (Å²) in [6.07, 6.45) is -0.700. The Morgan fingerprint density at radius 3 is 1.65 bits per heavy atom. The predicted molar refractivity (Wildman–Crippen MR) is 184 cm³/mol.